The minimum Gasteiger partial charge on any atom is -0.356 e. The van der Waals surface area contributed by atoms with Crippen LogP contribution in [0.5, 0.6) is 0 Å². The average molecular weight is 378 g/mol. The third-order valence-corrected chi connectivity index (χ3v) is 3.68. The highest BCUT2D eigenvalue weighted by Crippen LogP contribution is 2.29. The van der Waals surface area contributed by atoms with Gasteiger partial charge in [0.25, 0.3) is 0 Å². The van der Waals surface area contributed by atoms with Crippen LogP contribution in [0.1, 0.15) is 11.1 Å². The van der Waals surface area contributed by atoms with Crippen LogP contribution in [0, 0.1) is 0 Å². The van der Waals surface area contributed by atoms with Gasteiger partial charge in [-0.25, -0.2) is 0 Å². The fourth-order valence-corrected chi connectivity index (χ4v) is 2.30. The number of guanidine groups is 1. The van der Waals surface area contributed by atoms with Crippen molar-refractivity contribution < 1.29 is 18.0 Å². The van der Waals surface area contributed by atoms with Crippen LogP contribution in [0.2, 0.25) is 0 Å². The number of carbonyl (C=O) groups excluding carboxylic acids is 1. The lowest BCUT2D eigenvalue weighted by Crippen LogP contribution is -2.42. The van der Waals surface area contributed by atoms with Crippen molar-refractivity contribution in [2.45, 2.75) is 12.6 Å². The van der Waals surface area contributed by atoms with Crippen molar-refractivity contribution in [3.63, 3.8) is 0 Å². The molecule has 0 spiro atoms. The molecule has 27 heavy (non-hydrogen) atoms. The fraction of sp³-hybridized carbons (Fsp3) is 0.263. The van der Waals surface area contributed by atoms with E-state index in [4.69, 9.17) is 0 Å². The van der Waals surface area contributed by atoms with Crippen molar-refractivity contribution >= 4 is 17.6 Å². The zero-order valence-electron chi connectivity index (χ0n) is 14.8. The molecule has 5 nitrogen and oxygen atoms in total. The molecule has 0 heterocycles. The van der Waals surface area contributed by atoms with Crippen LogP contribution in [0.3, 0.4) is 0 Å². The summed E-state index contributed by atoms with van der Waals surface area (Å²) in [5.74, 6) is 0.219. The van der Waals surface area contributed by atoms with E-state index in [-0.39, 0.29) is 12.5 Å². The Kier molecular flexibility index (Phi) is 7.22. The monoisotopic (exact) mass is 378 g/mol. The highest BCUT2D eigenvalue weighted by atomic mass is 19.4. The molecule has 0 aliphatic carbocycles. The molecule has 0 saturated carbocycles. The Hall–Kier alpha value is -3.03. The van der Waals surface area contributed by atoms with Crippen LogP contribution < -0.4 is 16.0 Å². The maximum absolute atomic E-state index is 12.5. The summed E-state index contributed by atoms with van der Waals surface area (Å²) in [6.45, 7) is 0.500. The lowest BCUT2D eigenvalue weighted by atomic mass is 10.1. The average Bonchev–Trinajstić information content (AvgIpc) is 2.65. The van der Waals surface area contributed by atoms with Gasteiger partial charge in [0.15, 0.2) is 5.96 Å². The molecule has 0 radical (unpaired) electrons. The molecule has 2 rings (SSSR count). The molecule has 2 aromatic carbocycles. The molecule has 0 aromatic heterocycles. The summed E-state index contributed by atoms with van der Waals surface area (Å²) in [6.07, 6.45) is -3.81. The van der Waals surface area contributed by atoms with Gasteiger partial charge in [-0.3, -0.25) is 9.79 Å². The topological polar surface area (TPSA) is 65.5 Å². The molecule has 0 unspecified atom stereocenters. The second-order valence-corrected chi connectivity index (χ2v) is 5.71. The van der Waals surface area contributed by atoms with Crippen LogP contribution in [-0.4, -0.2) is 32.0 Å². The van der Waals surface area contributed by atoms with E-state index in [1.54, 1.807) is 19.2 Å². The van der Waals surface area contributed by atoms with E-state index in [0.29, 0.717) is 24.6 Å². The summed E-state index contributed by atoms with van der Waals surface area (Å²) in [6, 6.07) is 14.1. The Bertz CT molecular complexity index is 759. The number of rotatable bonds is 6. The smallest absolute Gasteiger partial charge is 0.356 e. The van der Waals surface area contributed by atoms with Gasteiger partial charge in [-0.15, -0.1) is 0 Å². The number of amides is 1. The quantitative estimate of drug-likeness (QED) is 0.535. The molecule has 1 amide bonds. The summed E-state index contributed by atoms with van der Waals surface area (Å²) >= 11 is 0. The normalized spacial score (nSPS) is 11.8. The standard InChI is InChI=1S/C19H21F3N4O/c1-23-18(25-13-17(27)26-16-5-3-2-4-6-16)24-12-11-14-7-9-15(10-8-14)19(20,21)22/h2-10H,11-13H2,1H3,(H,26,27)(H2,23,24,25). The van der Waals surface area contributed by atoms with Gasteiger partial charge in [-0.05, 0) is 36.2 Å². The fourth-order valence-electron chi connectivity index (χ4n) is 2.30. The molecule has 0 atom stereocenters. The second kappa shape index (κ2) is 9.61. The van der Waals surface area contributed by atoms with Crippen molar-refractivity contribution in [3.8, 4) is 0 Å². The number of hydrogen-bond acceptors (Lipinski definition) is 2. The molecular weight excluding hydrogens is 357 g/mol. The number of halogens is 3. The van der Waals surface area contributed by atoms with Crippen LogP contribution in [-0.2, 0) is 17.4 Å². The zero-order chi connectivity index (χ0) is 19.7. The molecule has 0 saturated heterocycles. The van der Waals surface area contributed by atoms with Gasteiger partial charge < -0.3 is 16.0 Å². The lowest BCUT2D eigenvalue weighted by Gasteiger charge is -2.12. The van der Waals surface area contributed by atoms with Gasteiger partial charge in [-0.2, -0.15) is 13.2 Å². The molecule has 0 aliphatic heterocycles. The van der Waals surface area contributed by atoms with Crippen LogP contribution in [0.4, 0.5) is 18.9 Å². The Balaban J connectivity index is 1.73. The van der Waals surface area contributed by atoms with E-state index in [0.717, 1.165) is 17.7 Å². The van der Waals surface area contributed by atoms with Gasteiger partial charge >= 0.3 is 6.18 Å². The van der Waals surface area contributed by atoms with E-state index in [1.165, 1.54) is 12.1 Å². The molecule has 2 aromatic rings. The highest BCUT2D eigenvalue weighted by molar-refractivity contribution is 5.94. The number of nitrogens with one attached hydrogen (secondary N) is 3. The minimum atomic E-state index is -4.33. The van der Waals surface area contributed by atoms with Gasteiger partial charge in [0.2, 0.25) is 5.91 Å². The van der Waals surface area contributed by atoms with Gasteiger partial charge in [0.1, 0.15) is 0 Å². The third kappa shape index (κ3) is 7.01. The first-order chi connectivity index (χ1) is 12.9. The minimum absolute atomic E-state index is 0.0366. The van der Waals surface area contributed by atoms with Gasteiger partial charge in [0.05, 0.1) is 12.1 Å². The Morgan fingerprint density at radius 1 is 1.00 bits per heavy atom. The van der Waals surface area contributed by atoms with Crippen molar-refractivity contribution in [3.05, 3.63) is 65.7 Å². The van der Waals surface area contributed by atoms with Crippen molar-refractivity contribution in [2.24, 2.45) is 4.99 Å². The van der Waals surface area contributed by atoms with E-state index >= 15 is 0 Å². The first-order valence-corrected chi connectivity index (χ1v) is 8.34. The van der Waals surface area contributed by atoms with Crippen molar-refractivity contribution in [1.29, 1.82) is 0 Å². The Labute approximate surface area is 155 Å². The molecule has 0 bridgehead atoms. The first kappa shape index (κ1) is 20.3. The summed E-state index contributed by atoms with van der Waals surface area (Å²) in [5, 5.41) is 8.65. The number of nitrogens with zero attached hydrogens (tertiary/aromatic N) is 1. The predicted octanol–water partition coefficient (Wildman–Crippen LogP) is 3.05. The van der Waals surface area contributed by atoms with E-state index < -0.39 is 11.7 Å². The Morgan fingerprint density at radius 2 is 1.67 bits per heavy atom. The first-order valence-electron chi connectivity index (χ1n) is 8.34. The lowest BCUT2D eigenvalue weighted by molar-refractivity contribution is -0.137. The maximum Gasteiger partial charge on any atom is 0.416 e. The number of aliphatic imine (C=N–C) groups is 1. The summed E-state index contributed by atoms with van der Waals surface area (Å²) in [4.78, 5) is 15.9. The van der Waals surface area contributed by atoms with Crippen molar-refractivity contribution in [2.75, 3.05) is 25.5 Å². The summed E-state index contributed by atoms with van der Waals surface area (Å²) < 4.78 is 37.6. The van der Waals surface area contributed by atoms with E-state index in [9.17, 15) is 18.0 Å². The number of para-hydroxylation sites is 1. The van der Waals surface area contributed by atoms with Crippen LogP contribution in [0.25, 0.3) is 0 Å². The summed E-state index contributed by atoms with van der Waals surface area (Å²) in [5.41, 5.74) is 0.809. The summed E-state index contributed by atoms with van der Waals surface area (Å²) in [7, 11) is 1.57. The number of alkyl halides is 3. The van der Waals surface area contributed by atoms with Gasteiger partial charge in [0, 0.05) is 19.3 Å². The zero-order valence-corrected chi connectivity index (χ0v) is 14.8. The maximum atomic E-state index is 12.5. The molecular formula is C19H21F3N4O. The number of anilines is 1. The Morgan fingerprint density at radius 3 is 2.26 bits per heavy atom. The number of hydrogen-bond donors (Lipinski definition) is 3. The van der Waals surface area contributed by atoms with Crippen molar-refractivity contribution in [1.82, 2.24) is 10.6 Å². The van der Waals surface area contributed by atoms with E-state index in [1.807, 2.05) is 18.2 Å². The van der Waals surface area contributed by atoms with Crippen LogP contribution >= 0.6 is 0 Å². The molecule has 3 N–H and O–H groups in total. The third-order valence-electron chi connectivity index (χ3n) is 3.68. The second-order valence-electron chi connectivity index (χ2n) is 5.71. The van der Waals surface area contributed by atoms with Crippen LogP contribution in [0.15, 0.2) is 59.6 Å². The SMILES string of the molecule is CN=C(NCCc1ccc(C(F)(F)F)cc1)NCC(=O)Nc1ccccc1. The number of carbonyl (C=O) groups is 1. The van der Waals surface area contributed by atoms with Gasteiger partial charge in [-0.1, -0.05) is 30.3 Å². The number of benzene rings is 2. The molecule has 8 heteroatoms. The van der Waals surface area contributed by atoms with E-state index in [2.05, 4.69) is 20.9 Å². The molecule has 144 valence electrons. The largest absolute Gasteiger partial charge is 0.416 e. The highest BCUT2D eigenvalue weighted by Gasteiger charge is 2.29. The molecule has 0 fully saturated rings. The molecule has 0 aliphatic rings. The predicted molar refractivity (Wildman–Crippen MR) is 99.6 cm³/mol.